The quantitative estimate of drug-likeness (QED) is 0.572. The highest BCUT2D eigenvalue weighted by molar-refractivity contribution is 5.01. The summed E-state index contributed by atoms with van der Waals surface area (Å²) in [6.07, 6.45) is 9.00. The molecule has 5 aliphatic rings. The summed E-state index contributed by atoms with van der Waals surface area (Å²) in [6, 6.07) is 0. The van der Waals surface area contributed by atoms with Crippen LogP contribution in [-0.2, 0) is 33.2 Å². The number of hydrogen-bond acceptors (Lipinski definition) is 7. The van der Waals surface area contributed by atoms with Crippen LogP contribution in [-0.4, -0.2) is 61.8 Å². The van der Waals surface area contributed by atoms with Gasteiger partial charge in [-0.1, -0.05) is 26.7 Å². The minimum Gasteiger partial charge on any atom is -0.353 e. The zero-order valence-corrected chi connectivity index (χ0v) is 19.4. The Labute approximate surface area is 186 Å². The predicted octanol–water partition coefficient (Wildman–Crippen LogP) is 4.27. The largest absolute Gasteiger partial charge is 0.353 e. The van der Waals surface area contributed by atoms with E-state index in [-0.39, 0.29) is 30.7 Å². The Kier molecular flexibility index (Phi) is 6.65. The van der Waals surface area contributed by atoms with Crippen LogP contribution in [0, 0.1) is 5.92 Å². The SMILES string of the molecule is CC(C)COC(C)OC1[C@H]2OC3(CCCCC3)O[C@H]2O[C@@H]1[C@@H]1COC2(CCCCC2)O1. The van der Waals surface area contributed by atoms with E-state index in [1.165, 1.54) is 12.8 Å². The second-order valence-corrected chi connectivity index (χ2v) is 10.5. The minimum atomic E-state index is -0.514. The first kappa shape index (κ1) is 22.5. The van der Waals surface area contributed by atoms with Crippen molar-refractivity contribution in [2.24, 2.45) is 5.92 Å². The second-order valence-electron chi connectivity index (χ2n) is 10.5. The molecule has 5 rings (SSSR count). The van der Waals surface area contributed by atoms with Crippen molar-refractivity contribution < 1.29 is 33.2 Å². The maximum absolute atomic E-state index is 6.56. The maximum atomic E-state index is 6.56. The Balaban J connectivity index is 1.29. The molecule has 0 N–H and O–H groups in total. The third kappa shape index (κ3) is 4.70. The Morgan fingerprint density at radius 2 is 1.48 bits per heavy atom. The summed E-state index contributed by atoms with van der Waals surface area (Å²) >= 11 is 0. The molecule has 3 aliphatic heterocycles. The van der Waals surface area contributed by atoms with E-state index in [4.69, 9.17) is 33.2 Å². The molecule has 2 aliphatic carbocycles. The number of rotatable bonds is 6. The van der Waals surface area contributed by atoms with Gasteiger partial charge in [0.05, 0.1) is 13.2 Å². The van der Waals surface area contributed by atoms with E-state index in [0.717, 1.165) is 51.4 Å². The molecule has 6 atom stereocenters. The molecular formula is C24H40O7. The van der Waals surface area contributed by atoms with Crippen LogP contribution in [0.1, 0.15) is 85.0 Å². The van der Waals surface area contributed by atoms with Crippen LogP contribution in [0.3, 0.4) is 0 Å². The molecule has 0 aromatic carbocycles. The zero-order valence-electron chi connectivity index (χ0n) is 19.4. The van der Waals surface area contributed by atoms with E-state index in [9.17, 15) is 0 Å². The van der Waals surface area contributed by atoms with E-state index in [2.05, 4.69) is 13.8 Å². The van der Waals surface area contributed by atoms with Gasteiger partial charge in [0, 0.05) is 25.7 Å². The molecule has 2 spiro atoms. The Morgan fingerprint density at radius 1 is 0.806 bits per heavy atom. The first-order valence-corrected chi connectivity index (χ1v) is 12.6. The third-order valence-electron chi connectivity index (χ3n) is 7.38. The first-order valence-electron chi connectivity index (χ1n) is 12.6. The average molecular weight is 441 g/mol. The highest BCUT2D eigenvalue weighted by atomic mass is 16.9. The van der Waals surface area contributed by atoms with Gasteiger partial charge in [-0.15, -0.1) is 0 Å². The van der Waals surface area contributed by atoms with Crippen molar-refractivity contribution in [2.75, 3.05) is 13.2 Å². The van der Waals surface area contributed by atoms with Gasteiger partial charge in [0.25, 0.3) is 0 Å². The van der Waals surface area contributed by atoms with Gasteiger partial charge in [0.2, 0.25) is 0 Å². The highest BCUT2D eigenvalue weighted by Crippen LogP contribution is 2.48. The van der Waals surface area contributed by atoms with Crippen molar-refractivity contribution in [1.29, 1.82) is 0 Å². The van der Waals surface area contributed by atoms with Crippen LogP contribution in [0.15, 0.2) is 0 Å². The normalized spacial score (nSPS) is 40.1. The lowest BCUT2D eigenvalue weighted by Gasteiger charge is -2.36. The van der Waals surface area contributed by atoms with Gasteiger partial charge in [-0.3, -0.25) is 0 Å². The van der Waals surface area contributed by atoms with Gasteiger partial charge in [0.15, 0.2) is 24.2 Å². The fourth-order valence-electron chi connectivity index (χ4n) is 5.82. The summed E-state index contributed by atoms with van der Waals surface area (Å²) in [5, 5.41) is 0. The van der Waals surface area contributed by atoms with Crippen molar-refractivity contribution in [3.63, 3.8) is 0 Å². The van der Waals surface area contributed by atoms with Gasteiger partial charge in [-0.2, -0.15) is 0 Å². The van der Waals surface area contributed by atoms with E-state index in [1.54, 1.807) is 0 Å². The Morgan fingerprint density at radius 3 is 2.16 bits per heavy atom. The molecule has 0 bridgehead atoms. The van der Waals surface area contributed by atoms with Crippen LogP contribution in [0.25, 0.3) is 0 Å². The molecule has 0 aromatic heterocycles. The van der Waals surface area contributed by atoms with Crippen LogP contribution in [0.5, 0.6) is 0 Å². The summed E-state index contributed by atoms with van der Waals surface area (Å²) in [5.74, 6) is -0.510. The van der Waals surface area contributed by atoms with Crippen molar-refractivity contribution >= 4 is 0 Å². The molecular weight excluding hydrogens is 400 g/mol. The van der Waals surface area contributed by atoms with Gasteiger partial charge >= 0.3 is 0 Å². The molecule has 0 aromatic rings. The lowest BCUT2D eigenvalue weighted by Crippen LogP contribution is -2.47. The predicted molar refractivity (Wildman–Crippen MR) is 112 cm³/mol. The zero-order chi connectivity index (χ0) is 21.5. The lowest BCUT2D eigenvalue weighted by atomic mass is 9.94. The van der Waals surface area contributed by atoms with Gasteiger partial charge in [-0.05, 0) is 38.5 Å². The molecule has 178 valence electrons. The highest BCUT2D eigenvalue weighted by Gasteiger charge is 2.62. The summed E-state index contributed by atoms with van der Waals surface area (Å²) in [4.78, 5) is 0. The van der Waals surface area contributed by atoms with Crippen LogP contribution in [0.4, 0.5) is 0 Å². The maximum Gasteiger partial charge on any atom is 0.190 e. The molecule has 0 radical (unpaired) electrons. The molecule has 3 saturated heterocycles. The molecule has 3 heterocycles. The van der Waals surface area contributed by atoms with E-state index < -0.39 is 17.9 Å². The summed E-state index contributed by atoms with van der Waals surface area (Å²) < 4.78 is 44.4. The molecule has 0 amide bonds. The smallest absolute Gasteiger partial charge is 0.190 e. The van der Waals surface area contributed by atoms with E-state index >= 15 is 0 Å². The minimum absolute atomic E-state index is 0.180. The van der Waals surface area contributed by atoms with E-state index in [1.807, 2.05) is 6.92 Å². The fourth-order valence-corrected chi connectivity index (χ4v) is 5.82. The topological polar surface area (TPSA) is 64.6 Å². The number of ether oxygens (including phenoxy) is 7. The summed E-state index contributed by atoms with van der Waals surface area (Å²) in [5.41, 5.74) is 0. The lowest BCUT2D eigenvalue weighted by molar-refractivity contribution is -0.274. The van der Waals surface area contributed by atoms with Crippen LogP contribution < -0.4 is 0 Å². The van der Waals surface area contributed by atoms with Gasteiger partial charge in [-0.25, -0.2) is 0 Å². The number of fused-ring (bicyclic) bond motifs is 1. The molecule has 5 fully saturated rings. The number of hydrogen-bond donors (Lipinski definition) is 0. The van der Waals surface area contributed by atoms with Crippen molar-refractivity contribution in [3.8, 4) is 0 Å². The Hall–Kier alpha value is -0.280. The average Bonchev–Trinajstić information content (AvgIpc) is 3.40. The van der Waals surface area contributed by atoms with Crippen molar-refractivity contribution in [3.05, 3.63) is 0 Å². The molecule has 2 unspecified atom stereocenters. The first-order chi connectivity index (χ1) is 15.0. The van der Waals surface area contributed by atoms with E-state index in [0.29, 0.717) is 19.1 Å². The standard InChI is InChI=1S/C24H40O7/c1-16(2)14-25-17(3)27-20-19(18-15-26-23(29-18)10-6-4-7-11-23)28-22-21(20)30-24(31-22)12-8-5-9-13-24/h16-22H,4-15H2,1-3H3/t17?,18-,19+,20?,21+,22+/m0/s1. The van der Waals surface area contributed by atoms with Gasteiger partial charge < -0.3 is 33.2 Å². The second kappa shape index (κ2) is 9.16. The molecule has 2 saturated carbocycles. The molecule has 7 heteroatoms. The summed E-state index contributed by atoms with van der Waals surface area (Å²) in [6.45, 7) is 7.40. The molecule has 31 heavy (non-hydrogen) atoms. The van der Waals surface area contributed by atoms with Crippen molar-refractivity contribution in [1.82, 2.24) is 0 Å². The molecule has 7 nitrogen and oxygen atoms in total. The van der Waals surface area contributed by atoms with Crippen LogP contribution >= 0.6 is 0 Å². The fraction of sp³-hybridized carbons (Fsp3) is 1.00. The Bertz CT molecular complexity index is 599. The van der Waals surface area contributed by atoms with Crippen LogP contribution in [0.2, 0.25) is 0 Å². The van der Waals surface area contributed by atoms with Crippen molar-refractivity contribution in [2.45, 2.75) is 134 Å². The van der Waals surface area contributed by atoms with Gasteiger partial charge in [0.1, 0.15) is 24.4 Å². The monoisotopic (exact) mass is 440 g/mol. The summed E-state index contributed by atoms with van der Waals surface area (Å²) in [7, 11) is 0. The third-order valence-corrected chi connectivity index (χ3v) is 7.38.